The minimum absolute atomic E-state index is 0.0605. The van der Waals surface area contributed by atoms with Gasteiger partial charge in [0.2, 0.25) is 11.8 Å². The van der Waals surface area contributed by atoms with E-state index in [4.69, 9.17) is 0 Å². The van der Waals surface area contributed by atoms with Gasteiger partial charge in [-0.3, -0.25) is 19.3 Å². The van der Waals surface area contributed by atoms with Crippen molar-refractivity contribution in [1.29, 1.82) is 0 Å². The molecule has 0 aromatic rings. The van der Waals surface area contributed by atoms with Crippen LogP contribution in [0.3, 0.4) is 0 Å². The second kappa shape index (κ2) is 7.27. The summed E-state index contributed by atoms with van der Waals surface area (Å²) in [4.78, 5) is 52.2. The normalized spacial score (nSPS) is 39.1. The van der Waals surface area contributed by atoms with Crippen LogP contribution in [0, 0.1) is 17.8 Å². The first-order valence-corrected chi connectivity index (χ1v) is 10.6. The van der Waals surface area contributed by atoms with Gasteiger partial charge >= 0.3 is 6.03 Å². The number of carbonyl (C=O) groups excluding carboxylic acids is 4. The van der Waals surface area contributed by atoms with Gasteiger partial charge in [-0.15, -0.1) is 0 Å². The molecule has 2 aliphatic carbocycles. The molecule has 2 saturated heterocycles. The molecule has 3 N–H and O–H groups in total. The van der Waals surface area contributed by atoms with E-state index in [-0.39, 0.29) is 41.6 Å². The van der Waals surface area contributed by atoms with Crippen LogP contribution in [0.15, 0.2) is 0 Å². The molecule has 9 heteroatoms. The van der Waals surface area contributed by atoms with Crippen LogP contribution >= 0.6 is 0 Å². The van der Waals surface area contributed by atoms with Crippen molar-refractivity contribution in [1.82, 2.24) is 20.4 Å². The number of β-amino-alcohol motifs (C(OH)–C–C–N with tert-alkyl or cyclic N) is 1. The summed E-state index contributed by atoms with van der Waals surface area (Å²) in [6, 6.07) is -0.555. The van der Waals surface area contributed by atoms with Crippen molar-refractivity contribution in [3.63, 3.8) is 0 Å². The highest BCUT2D eigenvalue weighted by atomic mass is 16.3. The van der Waals surface area contributed by atoms with Gasteiger partial charge in [-0.05, 0) is 44.4 Å². The molecule has 0 unspecified atom stereocenters. The van der Waals surface area contributed by atoms with Crippen LogP contribution in [-0.2, 0) is 14.4 Å². The van der Waals surface area contributed by atoms with Gasteiger partial charge in [0.25, 0.3) is 5.91 Å². The fourth-order valence-electron chi connectivity index (χ4n) is 5.06. The minimum atomic E-state index is -0.859. The van der Waals surface area contributed by atoms with Crippen molar-refractivity contribution in [2.24, 2.45) is 17.8 Å². The third kappa shape index (κ3) is 3.60. The van der Waals surface area contributed by atoms with Crippen molar-refractivity contribution in [2.75, 3.05) is 20.1 Å². The first-order valence-electron chi connectivity index (χ1n) is 10.6. The van der Waals surface area contributed by atoms with E-state index >= 15 is 0 Å². The molecule has 4 atom stereocenters. The van der Waals surface area contributed by atoms with E-state index in [0.29, 0.717) is 51.1 Å². The van der Waals surface area contributed by atoms with Crippen LogP contribution in [0.5, 0.6) is 0 Å². The first kappa shape index (κ1) is 20.1. The Labute approximate surface area is 170 Å². The fourth-order valence-corrected chi connectivity index (χ4v) is 5.06. The number of amides is 5. The predicted molar refractivity (Wildman–Crippen MR) is 102 cm³/mol. The van der Waals surface area contributed by atoms with E-state index in [0.717, 1.165) is 11.3 Å². The second-order valence-electron chi connectivity index (χ2n) is 9.25. The minimum Gasteiger partial charge on any atom is -0.391 e. The molecule has 4 fully saturated rings. The van der Waals surface area contributed by atoms with Gasteiger partial charge in [0.05, 0.1) is 12.1 Å². The fraction of sp³-hybridized carbons (Fsp3) is 0.800. The van der Waals surface area contributed by atoms with Crippen molar-refractivity contribution in [3.8, 4) is 0 Å². The zero-order chi connectivity index (χ0) is 20.9. The molecule has 0 aromatic carbocycles. The summed E-state index contributed by atoms with van der Waals surface area (Å²) in [5, 5.41) is 15.7. The number of nitrogens with zero attached hydrogens (tertiary/aromatic N) is 2. The number of imide groups is 1. The zero-order valence-electron chi connectivity index (χ0n) is 17.0. The largest absolute Gasteiger partial charge is 0.391 e. The summed E-state index contributed by atoms with van der Waals surface area (Å²) in [6.07, 6.45) is 2.80. The summed E-state index contributed by atoms with van der Waals surface area (Å²) in [5.74, 6) is 0.0409. The third-order valence-electron chi connectivity index (χ3n) is 7.19. The lowest BCUT2D eigenvalue weighted by Crippen LogP contribution is -2.51. The van der Waals surface area contributed by atoms with Crippen molar-refractivity contribution >= 4 is 23.8 Å². The maximum atomic E-state index is 12.7. The van der Waals surface area contributed by atoms with Crippen LogP contribution in [0.1, 0.15) is 45.4 Å². The predicted octanol–water partition coefficient (Wildman–Crippen LogP) is -0.169. The van der Waals surface area contributed by atoms with Crippen molar-refractivity contribution < 1.29 is 24.3 Å². The summed E-state index contributed by atoms with van der Waals surface area (Å²) in [5.41, 5.74) is -0.859. The molecule has 2 heterocycles. The average molecular weight is 406 g/mol. The highest BCUT2D eigenvalue weighted by Gasteiger charge is 2.52. The number of nitrogens with one attached hydrogen (secondary N) is 2. The lowest BCUT2D eigenvalue weighted by atomic mass is 9.76. The Bertz CT molecular complexity index is 732. The van der Waals surface area contributed by atoms with Gasteiger partial charge in [0.1, 0.15) is 5.54 Å². The quantitative estimate of drug-likeness (QED) is 0.560. The van der Waals surface area contributed by atoms with Crippen LogP contribution in [-0.4, -0.2) is 76.5 Å². The molecule has 4 aliphatic rings. The van der Waals surface area contributed by atoms with Gasteiger partial charge in [-0.2, -0.15) is 0 Å². The monoisotopic (exact) mass is 406 g/mol. The Morgan fingerprint density at radius 1 is 1.24 bits per heavy atom. The number of likely N-dealkylation sites (tertiary alicyclic amines) is 1. The van der Waals surface area contributed by atoms with E-state index in [1.54, 1.807) is 4.90 Å². The number of aliphatic hydroxyl groups excluding tert-OH is 1. The van der Waals surface area contributed by atoms with Crippen LogP contribution in [0.4, 0.5) is 4.79 Å². The highest BCUT2D eigenvalue weighted by molar-refractivity contribution is 6.06. The highest BCUT2D eigenvalue weighted by Crippen LogP contribution is 2.40. The number of likely N-dealkylation sites (N-methyl/N-ethyl adjacent to an activating group) is 1. The molecular formula is C20H30N4O5. The molecule has 29 heavy (non-hydrogen) atoms. The number of hydrogen-bond acceptors (Lipinski definition) is 5. The van der Waals surface area contributed by atoms with Gasteiger partial charge in [0.15, 0.2) is 0 Å². The number of rotatable bonds is 4. The summed E-state index contributed by atoms with van der Waals surface area (Å²) < 4.78 is 0. The molecule has 0 radical (unpaired) electrons. The lowest BCUT2D eigenvalue weighted by Gasteiger charge is -2.34. The van der Waals surface area contributed by atoms with E-state index in [1.165, 1.54) is 7.05 Å². The first-order chi connectivity index (χ1) is 13.7. The Morgan fingerprint density at radius 3 is 2.45 bits per heavy atom. The van der Waals surface area contributed by atoms with Crippen molar-refractivity contribution in [2.45, 2.75) is 63.1 Å². The smallest absolute Gasteiger partial charge is 0.324 e. The van der Waals surface area contributed by atoms with Crippen LogP contribution in [0.25, 0.3) is 0 Å². The maximum Gasteiger partial charge on any atom is 0.324 e. The average Bonchev–Trinajstić information content (AvgIpc) is 3.25. The van der Waals surface area contributed by atoms with E-state index in [9.17, 15) is 24.3 Å². The molecule has 0 aromatic heterocycles. The zero-order valence-corrected chi connectivity index (χ0v) is 17.0. The summed E-state index contributed by atoms with van der Waals surface area (Å²) in [6.45, 7) is 2.73. The van der Waals surface area contributed by atoms with E-state index < -0.39 is 11.6 Å². The molecule has 1 spiro atoms. The topological polar surface area (TPSA) is 119 Å². The second-order valence-corrected chi connectivity index (χ2v) is 9.25. The molecule has 2 saturated carbocycles. The number of carbonyl (C=O) groups is 4. The number of hydrogen-bond donors (Lipinski definition) is 3. The molecule has 160 valence electrons. The standard InChI is InChI=1S/C20H30N4O5/c1-11-7-15(11)17(27)24-10-14(25)8-13(24)9-21-16(26)12-3-5-20(6-4-12)18(28)23(2)19(29)22-20/h11-15,25H,3-10H2,1-2H3,(H,21,26)(H,22,29)/t11-,12?,13+,14+,15+,20?/m0/s1. The van der Waals surface area contributed by atoms with Gasteiger partial charge in [-0.1, -0.05) is 6.92 Å². The lowest BCUT2D eigenvalue weighted by molar-refractivity contribution is -0.135. The molecule has 9 nitrogen and oxygen atoms in total. The van der Waals surface area contributed by atoms with Crippen LogP contribution in [0.2, 0.25) is 0 Å². The Kier molecular flexibility index (Phi) is 5.04. The van der Waals surface area contributed by atoms with E-state index in [1.807, 2.05) is 0 Å². The maximum absolute atomic E-state index is 12.7. The molecule has 4 rings (SSSR count). The van der Waals surface area contributed by atoms with Gasteiger partial charge in [-0.25, -0.2) is 4.79 Å². The van der Waals surface area contributed by atoms with Gasteiger partial charge < -0.3 is 20.6 Å². The van der Waals surface area contributed by atoms with Crippen LogP contribution < -0.4 is 10.6 Å². The Balaban J connectivity index is 1.28. The molecular weight excluding hydrogens is 376 g/mol. The summed E-state index contributed by atoms with van der Waals surface area (Å²) in [7, 11) is 1.47. The van der Waals surface area contributed by atoms with Crippen molar-refractivity contribution in [3.05, 3.63) is 0 Å². The SMILES string of the molecule is C[C@H]1C[C@H]1C(=O)N1C[C@H](O)C[C@@H]1CNC(=O)C1CCC2(CC1)NC(=O)N(C)C2=O. The van der Waals surface area contributed by atoms with E-state index in [2.05, 4.69) is 17.6 Å². The molecule has 5 amide bonds. The Morgan fingerprint density at radius 2 is 1.90 bits per heavy atom. The third-order valence-corrected chi connectivity index (χ3v) is 7.19. The Hall–Kier alpha value is -2.16. The molecule has 0 bridgehead atoms. The van der Waals surface area contributed by atoms with Gasteiger partial charge in [0, 0.05) is 32.0 Å². The number of aliphatic hydroxyl groups is 1. The molecule has 2 aliphatic heterocycles. The summed E-state index contributed by atoms with van der Waals surface area (Å²) >= 11 is 0. The number of urea groups is 1.